The average Bonchev–Trinajstić information content (AvgIpc) is 3.05. The number of benzene rings is 1. The van der Waals surface area contributed by atoms with Gasteiger partial charge in [0.05, 0.1) is 24.1 Å². The van der Waals surface area contributed by atoms with Crippen molar-refractivity contribution in [2.75, 3.05) is 26.3 Å². The van der Waals surface area contributed by atoms with Crippen LogP contribution in [-0.4, -0.2) is 64.5 Å². The lowest BCUT2D eigenvalue weighted by atomic mass is 9.87. The molecule has 1 spiro atoms. The number of carbonyl (C=O) groups is 3. The van der Waals surface area contributed by atoms with Crippen LogP contribution in [0, 0.1) is 12.8 Å². The van der Waals surface area contributed by atoms with Crippen LogP contribution >= 0.6 is 0 Å². The second-order valence-electron chi connectivity index (χ2n) is 7.43. The van der Waals surface area contributed by atoms with E-state index in [-0.39, 0.29) is 43.8 Å². The van der Waals surface area contributed by atoms with Gasteiger partial charge in [-0.1, -0.05) is 12.1 Å². The summed E-state index contributed by atoms with van der Waals surface area (Å²) in [5.74, 6) is -1.56. The number of likely N-dealkylation sites (tertiary alicyclic amines) is 1. The van der Waals surface area contributed by atoms with Crippen LogP contribution in [0.5, 0.6) is 5.75 Å². The maximum absolute atomic E-state index is 13.0. The molecule has 4 rings (SSSR count). The molecule has 30 heavy (non-hydrogen) atoms. The number of aryl methyl sites for hydroxylation is 1. The van der Waals surface area contributed by atoms with Crippen molar-refractivity contribution in [3.8, 4) is 5.75 Å². The van der Waals surface area contributed by atoms with Crippen molar-refractivity contribution >= 4 is 17.8 Å². The molecule has 0 radical (unpaired) electrons. The number of rotatable bonds is 3. The standard InChI is InChI=1S/C21H22N4O5/c1-3-29-20(28)15-10-25(19(27)16-9-22-13(2)8-23-16)11-21(15)12-30-17-7-5-4-6-14(17)18(26)24-21/h4-9,15H,3,10-12H2,1-2H3,(H,24,26)/t15-,21-/m0/s1. The quantitative estimate of drug-likeness (QED) is 0.751. The molecule has 156 valence electrons. The van der Waals surface area contributed by atoms with Crippen molar-refractivity contribution in [2.24, 2.45) is 5.92 Å². The SMILES string of the molecule is CCOC(=O)[C@@H]1CN(C(=O)c2cnc(C)cn2)C[C@]12COc1ccccc1C(=O)N2. The topological polar surface area (TPSA) is 111 Å². The Bertz CT molecular complexity index is 993. The van der Waals surface area contributed by atoms with Gasteiger partial charge in [0.15, 0.2) is 0 Å². The fraction of sp³-hybridized carbons (Fsp3) is 0.381. The Morgan fingerprint density at radius 1 is 1.30 bits per heavy atom. The van der Waals surface area contributed by atoms with Crippen LogP contribution in [0.15, 0.2) is 36.7 Å². The van der Waals surface area contributed by atoms with Crippen molar-refractivity contribution in [3.05, 3.63) is 53.6 Å². The molecule has 2 aromatic rings. The summed E-state index contributed by atoms with van der Waals surface area (Å²) >= 11 is 0. The minimum Gasteiger partial charge on any atom is -0.490 e. The number of nitrogens with zero attached hydrogens (tertiary/aromatic N) is 3. The van der Waals surface area contributed by atoms with E-state index in [4.69, 9.17) is 9.47 Å². The molecule has 2 aliphatic rings. The van der Waals surface area contributed by atoms with E-state index in [0.29, 0.717) is 17.0 Å². The monoisotopic (exact) mass is 410 g/mol. The molecular formula is C21H22N4O5. The molecule has 2 atom stereocenters. The van der Waals surface area contributed by atoms with E-state index in [9.17, 15) is 14.4 Å². The van der Waals surface area contributed by atoms with E-state index in [1.807, 2.05) is 0 Å². The summed E-state index contributed by atoms with van der Waals surface area (Å²) in [5.41, 5.74) is 0.127. The van der Waals surface area contributed by atoms with E-state index < -0.39 is 17.4 Å². The number of ether oxygens (including phenoxy) is 2. The number of hydrogen-bond donors (Lipinski definition) is 1. The summed E-state index contributed by atoms with van der Waals surface area (Å²) in [5, 5.41) is 2.95. The fourth-order valence-corrected chi connectivity index (χ4v) is 3.86. The molecule has 9 heteroatoms. The highest BCUT2D eigenvalue weighted by Crippen LogP contribution is 2.34. The van der Waals surface area contributed by atoms with Gasteiger partial charge in [0, 0.05) is 19.3 Å². The first-order chi connectivity index (χ1) is 14.4. The first-order valence-electron chi connectivity index (χ1n) is 9.72. The van der Waals surface area contributed by atoms with Gasteiger partial charge in [-0.15, -0.1) is 0 Å². The third-order valence-electron chi connectivity index (χ3n) is 5.38. The zero-order valence-electron chi connectivity index (χ0n) is 16.8. The second kappa shape index (κ2) is 7.74. The van der Waals surface area contributed by atoms with Gasteiger partial charge in [-0.05, 0) is 26.0 Å². The highest BCUT2D eigenvalue weighted by atomic mass is 16.5. The predicted octanol–water partition coefficient (Wildman–Crippen LogP) is 0.981. The zero-order chi connectivity index (χ0) is 21.3. The van der Waals surface area contributed by atoms with Crippen LogP contribution < -0.4 is 10.1 Å². The minimum absolute atomic E-state index is 0.0303. The summed E-state index contributed by atoms with van der Waals surface area (Å²) in [7, 11) is 0. The molecule has 9 nitrogen and oxygen atoms in total. The van der Waals surface area contributed by atoms with Gasteiger partial charge in [-0.25, -0.2) is 4.98 Å². The number of carbonyl (C=O) groups excluding carboxylic acids is 3. The molecule has 1 N–H and O–H groups in total. The highest BCUT2D eigenvalue weighted by Gasteiger charge is 2.55. The molecule has 1 aromatic heterocycles. The summed E-state index contributed by atoms with van der Waals surface area (Å²) in [6.45, 7) is 3.87. The van der Waals surface area contributed by atoms with Crippen LogP contribution in [0.4, 0.5) is 0 Å². The van der Waals surface area contributed by atoms with Crippen LogP contribution in [0.3, 0.4) is 0 Å². The lowest BCUT2D eigenvalue weighted by Crippen LogP contribution is -2.59. The van der Waals surface area contributed by atoms with Crippen molar-refractivity contribution in [3.63, 3.8) is 0 Å². The summed E-state index contributed by atoms with van der Waals surface area (Å²) in [4.78, 5) is 48.4. The van der Waals surface area contributed by atoms with E-state index in [2.05, 4.69) is 15.3 Å². The molecule has 0 aliphatic carbocycles. The number of aromatic nitrogens is 2. The van der Waals surface area contributed by atoms with Crippen molar-refractivity contribution in [1.82, 2.24) is 20.2 Å². The summed E-state index contributed by atoms with van der Waals surface area (Å²) < 4.78 is 11.2. The Labute approximate surface area is 173 Å². The molecule has 2 amide bonds. The molecular weight excluding hydrogens is 388 g/mol. The molecule has 0 bridgehead atoms. The molecule has 2 aliphatic heterocycles. The van der Waals surface area contributed by atoms with Crippen LogP contribution in [0.1, 0.15) is 33.5 Å². The third-order valence-corrected chi connectivity index (χ3v) is 5.38. The molecule has 0 unspecified atom stereocenters. The smallest absolute Gasteiger partial charge is 0.313 e. The van der Waals surface area contributed by atoms with Crippen molar-refractivity contribution in [1.29, 1.82) is 0 Å². The average molecular weight is 410 g/mol. The van der Waals surface area contributed by atoms with Gasteiger partial charge in [0.1, 0.15) is 29.5 Å². The Balaban J connectivity index is 1.66. The fourth-order valence-electron chi connectivity index (χ4n) is 3.86. The molecule has 0 saturated carbocycles. The maximum atomic E-state index is 13.0. The van der Waals surface area contributed by atoms with E-state index in [0.717, 1.165) is 0 Å². The number of amides is 2. The molecule has 1 aromatic carbocycles. The van der Waals surface area contributed by atoms with Gasteiger partial charge in [0.2, 0.25) is 0 Å². The normalized spacial score (nSPS) is 22.7. The highest BCUT2D eigenvalue weighted by molar-refractivity contribution is 5.99. The Morgan fingerprint density at radius 3 is 2.83 bits per heavy atom. The number of esters is 1. The predicted molar refractivity (Wildman–Crippen MR) is 105 cm³/mol. The molecule has 1 saturated heterocycles. The molecule has 3 heterocycles. The summed E-state index contributed by atoms with van der Waals surface area (Å²) in [6, 6.07) is 6.87. The van der Waals surface area contributed by atoms with Gasteiger partial charge in [-0.2, -0.15) is 0 Å². The van der Waals surface area contributed by atoms with E-state index in [1.165, 1.54) is 17.3 Å². The molecule has 1 fully saturated rings. The lowest BCUT2D eigenvalue weighted by molar-refractivity contribution is -0.150. The van der Waals surface area contributed by atoms with Crippen LogP contribution in [0.2, 0.25) is 0 Å². The zero-order valence-corrected chi connectivity index (χ0v) is 16.8. The number of fused-ring (bicyclic) bond motifs is 1. The van der Waals surface area contributed by atoms with Crippen molar-refractivity contribution in [2.45, 2.75) is 19.4 Å². The largest absolute Gasteiger partial charge is 0.490 e. The van der Waals surface area contributed by atoms with Gasteiger partial charge >= 0.3 is 5.97 Å². The van der Waals surface area contributed by atoms with Crippen LogP contribution in [0.25, 0.3) is 0 Å². The Hall–Kier alpha value is -3.49. The summed E-state index contributed by atoms with van der Waals surface area (Å²) in [6.07, 6.45) is 2.91. The van der Waals surface area contributed by atoms with Gasteiger partial charge in [-0.3, -0.25) is 19.4 Å². The first kappa shape index (κ1) is 19.8. The second-order valence-corrected chi connectivity index (χ2v) is 7.43. The number of nitrogens with one attached hydrogen (secondary N) is 1. The first-order valence-corrected chi connectivity index (χ1v) is 9.72. The third kappa shape index (κ3) is 3.47. The Morgan fingerprint density at radius 2 is 2.10 bits per heavy atom. The lowest BCUT2D eigenvalue weighted by Gasteiger charge is -2.32. The van der Waals surface area contributed by atoms with E-state index in [1.54, 1.807) is 38.1 Å². The Kier molecular flexibility index (Phi) is 5.11. The van der Waals surface area contributed by atoms with Gasteiger partial charge in [0.25, 0.3) is 11.8 Å². The van der Waals surface area contributed by atoms with Crippen molar-refractivity contribution < 1.29 is 23.9 Å². The number of para-hydroxylation sites is 1. The van der Waals surface area contributed by atoms with Crippen LogP contribution in [-0.2, 0) is 9.53 Å². The maximum Gasteiger partial charge on any atom is 0.313 e. The number of hydrogen-bond acceptors (Lipinski definition) is 7. The minimum atomic E-state index is -1.11. The van der Waals surface area contributed by atoms with Gasteiger partial charge < -0.3 is 19.7 Å². The van der Waals surface area contributed by atoms with E-state index >= 15 is 0 Å².